The normalized spacial score (nSPS) is 15.2. The Morgan fingerprint density at radius 2 is 1.96 bits per heavy atom. The molecular formula is C19H21ClN2O5S. The molecular weight excluding hydrogens is 404 g/mol. The maximum Gasteiger partial charge on any atom is 0.244 e. The molecule has 0 radical (unpaired) electrons. The largest absolute Gasteiger partial charge is 0.497 e. The number of sulfonamides is 1. The van der Waals surface area contributed by atoms with Crippen LogP contribution in [0.25, 0.3) is 0 Å². The van der Waals surface area contributed by atoms with Crippen molar-refractivity contribution in [1.82, 2.24) is 4.31 Å². The SMILES string of the molecule is COc1cccc(CC(=O)Nc2ccc(Cl)c(S(=O)(=O)N3CCOCC3)c2)c1. The summed E-state index contributed by atoms with van der Waals surface area (Å²) in [5.74, 6) is 0.390. The second-order valence-corrected chi connectivity index (χ2v) is 8.55. The van der Waals surface area contributed by atoms with Gasteiger partial charge in [0, 0.05) is 18.8 Å². The lowest BCUT2D eigenvalue weighted by Crippen LogP contribution is -2.40. The summed E-state index contributed by atoms with van der Waals surface area (Å²) in [5, 5.41) is 2.83. The van der Waals surface area contributed by atoms with Gasteiger partial charge < -0.3 is 14.8 Å². The van der Waals surface area contributed by atoms with Crippen molar-refractivity contribution < 1.29 is 22.7 Å². The van der Waals surface area contributed by atoms with Crippen molar-refractivity contribution in [3.05, 3.63) is 53.1 Å². The van der Waals surface area contributed by atoms with Gasteiger partial charge in [0.25, 0.3) is 0 Å². The number of carbonyl (C=O) groups is 1. The van der Waals surface area contributed by atoms with Crippen LogP contribution in [0.5, 0.6) is 5.75 Å². The lowest BCUT2D eigenvalue weighted by Gasteiger charge is -2.26. The third-order valence-electron chi connectivity index (χ3n) is 4.30. The predicted molar refractivity (Wildman–Crippen MR) is 106 cm³/mol. The van der Waals surface area contributed by atoms with E-state index in [4.69, 9.17) is 21.1 Å². The van der Waals surface area contributed by atoms with Crippen molar-refractivity contribution in [2.75, 3.05) is 38.7 Å². The van der Waals surface area contributed by atoms with E-state index in [1.165, 1.54) is 16.4 Å². The van der Waals surface area contributed by atoms with E-state index in [-0.39, 0.29) is 35.3 Å². The van der Waals surface area contributed by atoms with Gasteiger partial charge in [0.15, 0.2) is 0 Å². The van der Waals surface area contributed by atoms with Gasteiger partial charge in [-0.2, -0.15) is 4.31 Å². The Bertz CT molecular complexity index is 959. The average Bonchev–Trinajstić information content (AvgIpc) is 2.70. The Balaban J connectivity index is 1.76. The summed E-state index contributed by atoms with van der Waals surface area (Å²) in [6.45, 7) is 1.22. The first kappa shape index (κ1) is 20.6. The molecule has 150 valence electrons. The fourth-order valence-electron chi connectivity index (χ4n) is 2.88. The van der Waals surface area contributed by atoms with Crippen molar-refractivity contribution in [2.45, 2.75) is 11.3 Å². The molecule has 1 saturated heterocycles. The van der Waals surface area contributed by atoms with Gasteiger partial charge in [0.1, 0.15) is 10.6 Å². The topological polar surface area (TPSA) is 84.9 Å². The van der Waals surface area contributed by atoms with Crippen LogP contribution in [0.15, 0.2) is 47.4 Å². The van der Waals surface area contributed by atoms with Crippen molar-refractivity contribution >= 4 is 33.2 Å². The molecule has 1 aliphatic rings. The fourth-order valence-corrected chi connectivity index (χ4v) is 4.79. The van der Waals surface area contributed by atoms with Crippen LogP contribution in [-0.4, -0.2) is 52.0 Å². The summed E-state index contributed by atoms with van der Waals surface area (Å²) in [7, 11) is -2.21. The number of ether oxygens (including phenoxy) is 2. The molecule has 1 amide bonds. The lowest BCUT2D eigenvalue weighted by molar-refractivity contribution is -0.115. The van der Waals surface area contributed by atoms with Crippen LogP contribution in [0.2, 0.25) is 5.02 Å². The minimum atomic E-state index is -3.77. The molecule has 1 aliphatic heterocycles. The van der Waals surface area contributed by atoms with Crippen LogP contribution in [0, 0.1) is 0 Å². The smallest absolute Gasteiger partial charge is 0.244 e. The highest BCUT2D eigenvalue weighted by atomic mass is 35.5. The molecule has 0 unspecified atom stereocenters. The van der Waals surface area contributed by atoms with E-state index < -0.39 is 10.0 Å². The molecule has 0 aliphatic carbocycles. The number of carbonyl (C=O) groups excluding carboxylic acids is 1. The van der Waals surface area contributed by atoms with Gasteiger partial charge in [-0.1, -0.05) is 23.7 Å². The van der Waals surface area contributed by atoms with E-state index in [1.54, 1.807) is 31.4 Å². The van der Waals surface area contributed by atoms with Gasteiger partial charge in [-0.15, -0.1) is 0 Å². The predicted octanol–water partition coefficient (Wildman–Crippen LogP) is 2.55. The number of hydrogen-bond acceptors (Lipinski definition) is 5. The number of morpholine rings is 1. The summed E-state index contributed by atoms with van der Waals surface area (Å²) in [4.78, 5) is 12.3. The van der Waals surface area contributed by atoms with E-state index in [9.17, 15) is 13.2 Å². The monoisotopic (exact) mass is 424 g/mol. The molecule has 0 atom stereocenters. The number of hydrogen-bond donors (Lipinski definition) is 1. The molecule has 3 rings (SSSR count). The Labute approximate surface area is 169 Å². The van der Waals surface area contributed by atoms with E-state index in [2.05, 4.69) is 5.32 Å². The number of nitrogens with one attached hydrogen (secondary N) is 1. The molecule has 0 aromatic heterocycles. The molecule has 0 spiro atoms. The first-order valence-corrected chi connectivity index (χ1v) is 10.5. The van der Waals surface area contributed by atoms with Gasteiger partial charge in [-0.05, 0) is 35.9 Å². The number of anilines is 1. The first-order chi connectivity index (χ1) is 13.4. The Kier molecular flexibility index (Phi) is 6.56. The molecule has 2 aromatic carbocycles. The molecule has 28 heavy (non-hydrogen) atoms. The highest BCUT2D eigenvalue weighted by Crippen LogP contribution is 2.28. The van der Waals surface area contributed by atoms with Crippen molar-refractivity contribution in [2.24, 2.45) is 0 Å². The number of benzene rings is 2. The first-order valence-electron chi connectivity index (χ1n) is 8.70. The standard InChI is InChI=1S/C19H21ClN2O5S/c1-26-16-4-2-3-14(11-16)12-19(23)21-15-5-6-17(20)18(13-15)28(24,25)22-7-9-27-10-8-22/h2-6,11,13H,7-10,12H2,1H3,(H,21,23). The number of methoxy groups -OCH3 is 1. The van der Waals surface area contributed by atoms with Crippen LogP contribution in [0.3, 0.4) is 0 Å². The van der Waals surface area contributed by atoms with Gasteiger partial charge in [-0.3, -0.25) is 4.79 Å². The maximum atomic E-state index is 12.9. The molecule has 9 heteroatoms. The van der Waals surface area contributed by atoms with Crippen LogP contribution in [-0.2, 0) is 26.0 Å². The Morgan fingerprint density at radius 1 is 1.21 bits per heavy atom. The van der Waals surface area contributed by atoms with Crippen molar-refractivity contribution in [1.29, 1.82) is 0 Å². The number of amides is 1. The number of rotatable bonds is 6. The Morgan fingerprint density at radius 3 is 2.68 bits per heavy atom. The summed E-state index contributed by atoms with van der Waals surface area (Å²) >= 11 is 6.14. The summed E-state index contributed by atoms with van der Waals surface area (Å²) in [5.41, 5.74) is 1.15. The highest BCUT2D eigenvalue weighted by molar-refractivity contribution is 7.89. The second-order valence-electron chi connectivity index (χ2n) is 6.24. The van der Waals surface area contributed by atoms with E-state index in [0.29, 0.717) is 24.7 Å². The van der Waals surface area contributed by atoms with E-state index in [1.807, 2.05) is 6.07 Å². The molecule has 2 aromatic rings. The summed E-state index contributed by atoms with van der Waals surface area (Å²) in [6, 6.07) is 11.6. The number of nitrogens with zero attached hydrogens (tertiary/aromatic N) is 1. The minimum absolute atomic E-state index is 0.0322. The van der Waals surface area contributed by atoms with Crippen LogP contribution in [0.1, 0.15) is 5.56 Å². The zero-order chi connectivity index (χ0) is 20.1. The van der Waals surface area contributed by atoms with Crippen LogP contribution >= 0.6 is 11.6 Å². The van der Waals surface area contributed by atoms with Crippen molar-refractivity contribution in [3.63, 3.8) is 0 Å². The molecule has 1 fully saturated rings. The van der Waals surface area contributed by atoms with Gasteiger partial charge in [-0.25, -0.2) is 8.42 Å². The maximum absolute atomic E-state index is 12.9. The summed E-state index contributed by atoms with van der Waals surface area (Å²) in [6.07, 6.45) is 0.130. The third-order valence-corrected chi connectivity index (χ3v) is 6.68. The molecule has 1 N–H and O–H groups in total. The van der Waals surface area contributed by atoms with E-state index >= 15 is 0 Å². The zero-order valence-corrected chi connectivity index (χ0v) is 16.9. The van der Waals surface area contributed by atoms with Gasteiger partial charge in [0.05, 0.1) is 31.8 Å². The van der Waals surface area contributed by atoms with Gasteiger partial charge in [0.2, 0.25) is 15.9 Å². The number of halogens is 1. The summed E-state index contributed by atoms with van der Waals surface area (Å²) < 4.78 is 37.4. The molecule has 7 nitrogen and oxygen atoms in total. The minimum Gasteiger partial charge on any atom is -0.497 e. The third kappa shape index (κ3) is 4.82. The fraction of sp³-hybridized carbons (Fsp3) is 0.316. The molecule has 1 heterocycles. The lowest BCUT2D eigenvalue weighted by atomic mass is 10.1. The van der Waals surface area contributed by atoms with Crippen molar-refractivity contribution in [3.8, 4) is 5.75 Å². The van der Waals surface area contributed by atoms with Crippen LogP contribution in [0.4, 0.5) is 5.69 Å². The second kappa shape index (κ2) is 8.91. The zero-order valence-electron chi connectivity index (χ0n) is 15.4. The highest BCUT2D eigenvalue weighted by Gasteiger charge is 2.28. The Hall–Kier alpha value is -2.13. The van der Waals surface area contributed by atoms with Crippen LogP contribution < -0.4 is 10.1 Å². The molecule has 0 bridgehead atoms. The average molecular weight is 425 g/mol. The molecule has 0 saturated carbocycles. The quantitative estimate of drug-likeness (QED) is 0.770. The van der Waals surface area contributed by atoms with E-state index in [0.717, 1.165) is 5.56 Å². The van der Waals surface area contributed by atoms with Gasteiger partial charge >= 0.3 is 0 Å².